The zero-order chi connectivity index (χ0) is 22.1. The Morgan fingerprint density at radius 1 is 1.16 bits per heavy atom. The quantitative estimate of drug-likeness (QED) is 0.506. The van der Waals surface area contributed by atoms with Crippen molar-refractivity contribution in [2.24, 2.45) is 0 Å². The second-order valence-electron chi connectivity index (χ2n) is 8.08. The highest BCUT2D eigenvalue weighted by atomic mass is 16.5. The van der Waals surface area contributed by atoms with Gasteiger partial charge in [0.15, 0.2) is 0 Å². The van der Waals surface area contributed by atoms with Crippen LogP contribution in [0.2, 0.25) is 0 Å². The first-order valence-corrected chi connectivity index (χ1v) is 10.7. The van der Waals surface area contributed by atoms with Gasteiger partial charge in [0.25, 0.3) is 5.91 Å². The summed E-state index contributed by atoms with van der Waals surface area (Å²) in [4.78, 5) is 33.9. The molecule has 2 N–H and O–H groups in total. The van der Waals surface area contributed by atoms with E-state index in [-0.39, 0.29) is 17.7 Å². The molecule has 0 unspecified atom stereocenters. The number of piperidine rings is 1. The van der Waals surface area contributed by atoms with E-state index in [0.717, 1.165) is 29.3 Å². The molecule has 1 aliphatic rings. The van der Waals surface area contributed by atoms with Crippen molar-refractivity contribution in [1.29, 1.82) is 0 Å². The van der Waals surface area contributed by atoms with Crippen LogP contribution in [0.15, 0.2) is 59.1 Å². The molecule has 1 aliphatic heterocycles. The van der Waals surface area contributed by atoms with Crippen molar-refractivity contribution in [2.45, 2.75) is 25.7 Å². The number of likely N-dealkylation sites (tertiary alicyclic amines) is 1. The first-order valence-electron chi connectivity index (χ1n) is 10.7. The van der Waals surface area contributed by atoms with Crippen molar-refractivity contribution in [1.82, 2.24) is 20.0 Å². The number of nitrogens with one attached hydrogen (secondary N) is 2. The van der Waals surface area contributed by atoms with Crippen LogP contribution in [0.25, 0.3) is 22.3 Å². The monoisotopic (exact) mass is 429 g/mol. The minimum atomic E-state index is -0.122. The highest BCUT2D eigenvalue weighted by Crippen LogP contribution is 2.29. The predicted octanol–water partition coefficient (Wildman–Crippen LogP) is 4.20. The van der Waals surface area contributed by atoms with E-state index in [1.165, 1.54) is 6.92 Å². The number of para-hydroxylation sites is 1. The second kappa shape index (κ2) is 8.30. The van der Waals surface area contributed by atoms with Crippen LogP contribution in [-0.2, 0) is 4.79 Å². The maximum atomic E-state index is 13.1. The molecule has 1 fully saturated rings. The molecule has 2 aromatic heterocycles. The zero-order valence-electron chi connectivity index (χ0n) is 17.7. The third-order valence-electron chi connectivity index (χ3n) is 5.72. The molecule has 4 aromatic rings. The molecule has 0 spiro atoms. The fourth-order valence-corrected chi connectivity index (χ4v) is 4.15. The maximum Gasteiger partial charge on any atom is 0.270 e. The minimum Gasteiger partial charge on any atom is -0.351 e. The van der Waals surface area contributed by atoms with E-state index < -0.39 is 0 Å². The van der Waals surface area contributed by atoms with E-state index in [2.05, 4.69) is 20.4 Å². The summed E-state index contributed by atoms with van der Waals surface area (Å²) in [6, 6.07) is 17.0. The molecular weight excluding hydrogens is 406 g/mol. The fraction of sp³-hybridized carbons (Fsp3) is 0.250. The Kier molecular flexibility index (Phi) is 5.18. The summed E-state index contributed by atoms with van der Waals surface area (Å²) in [5.41, 5.74) is 3.06. The number of carbonyl (C=O) groups excluding carboxylic acids is 2. The van der Waals surface area contributed by atoms with Crippen molar-refractivity contribution >= 4 is 28.4 Å². The third-order valence-corrected chi connectivity index (χ3v) is 5.72. The number of aromatic nitrogens is 3. The van der Waals surface area contributed by atoms with Crippen molar-refractivity contribution in [2.75, 3.05) is 18.4 Å². The Balaban J connectivity index is 1.30. The average Bonchev–Trinajstić information content (AvgIpc) is 3.46. The molecule has 0 aliphatic carbocycles. The van der Waals surface area contributed by atoms with Gasteiger partial charge in [0.1, 0.15) is 5.69 Å². The number of rotatable bonds is 4. The molecule has 0 saturated carbocycles. The van der Waals surface area contributed by atoms with Gasteiger partial charge in [0.05, 0.1) is 5.92 Å². The number of hydrogen-bond donors (Lipinski definition) is 2. The Morgan fingerprint density at radius 3 is 2.75 bits per heavy atom. The number of amides is 2. The Bertz CT molecular complexity index is 1240. The molecular formula is C24H23N5O3. The van der Waals surface area contributed by atoms with Crippen LogP contribution in [0.5, 0.6) is 0 Å². The average molecular weight is 429 g/mol. The van der Waals surface area contributed by atoms with Crippen LogP contribution in [-0.4, -0.2) is 44.9 Å². The standard InChI is InChI=1S/C24H23N5O3/c1-15(30)25-19-10-8-16(9-11-19)22-27-23(32-28-22)18-6-4-12-29(14-18)24(31)21-13-17-5-2-3-7-20(17)26-21/h2-3,5,7-11,13,18,26H,4,6,12,14H2,1H3,(H,25,30)/t18-/m0/s1. The normalized spacial score (nSPS) is 16.3. The summed E-state index contributed by atoms with van der Waals surface area (Å²) in [5.74, 6) is 0.896. The largest absolute Gasteiger partial charge is 0.351 e. The van der Waals surface area contributed by atoms with Crippen LogP contribution >= 0.6 is 0 Å². The van der Waals surface area contributed by atoms with Crippen LogP contribution in [0.1, 0.15) is 42.1 Å². The molecule has 32 heavy (non-hydrogen) atoms. The number of anilines is 1. The number of fused-ring (bicyclic) bond motifs is 1. The number of H-pyrrole nitrogens is 1. The molecule has 0 radical (unpaired) electrons. The fourth-order valence-electron chi connectivity index (χ4n) is 4.15. The highest BCUT2D eigenvalue weighted by Gasteiger charge is 2.29. The molecule has 8 heteroatoms. The van der Waals surface area contributed by atoms with Crippen LogP contribution in [0.3, 0.4) is 0 Å². The second-order valence-corrected chi connectivity index (χ2v) is 8.08. The number of carbonyl (C=O) groups is 2. The van der Waals surface area contributed by atoms with E-state index in [9.17, 15) is 9.59 Å². The molecule has 0 bridgehead atoms. The van der Waals surface area contributed by atoms with Crippen LogP contribution < -0.4 is 5.32 Å². The number of benzene rings is 2. The van der Waals surface area contributed by atoms with Gasteiger partial charge in [-0.25, -0.2) is 0 Å². The van der Waals surface area contributed by atoms with Gasteiger partial charge in [0.2, 0.25) is 17.6 Å². The molecule has 1 atom stereocenters. The van der Waals surface area contributed by atoms with E-state index in [4.69, 9.17) is 4.52 Å². The van der Waals surface area contributed by atoms with Gasteiger partial charge in [-0.2, -0.15) is 4.98 Å². The molecule has 162 valence electrons. The minimum absolute atomic E-state index is 0.00280. The molecule has 2 aromatic carbocycles. The van der Waals surface area contributed by atoms with Crippen molar-refractivity contribution in [3.05, 3.63) is 66.2 Å². The summed E-state index contributed by atoms with van der Waals surface area (Å²) < 4.78 is 5.56. The van der Waals surface area contributed by atoms with Gasteiger partial charge in [-0.1, -0.05) is 23.4 Å². The topological polar surface area (TPSA) is 104 Å². The maximum absolute atomic E-state index is 13.1. The lowest BCUT2D eigenvalue weighted by atomic mass is 9.97. The summed E-state index contributed by atoms with van der Waals surface area (Å²) in [6.45, 7) is 2.71. The van der Waals surface area contributed by atoms with Gasteiger partial charge < -0.3 is 19.7 Å². The smallest absolute Gasteiger partial charge is 0.270 e. The zero-order valence-corrected chi connectivity index (χ0v) is 17.7. The van der Waals surface area contributed by atoms with Crippen molar-refractivity contribution in [3.63, 3.8) is 0 Å². The van der Waals surface area contributed by atoms with Gasteiger partial charge >= 0.3 is 0 Å². The van der Waals surface area contributed by atoms with Gasteiger partial charge in [0, 0.05) is 42.2 Å². The van der Waals surface area contributed by atoms with E-state index in [1.807, 2.05) is 47.4 Å². The van der Waals surface area contributed by atoms with E-state index in [1.54, 1.807) is 12.1 Å². The molecule has 8 nitrogen and oxygen atoms in total. The lowest BCUT2D eigenvalue weighted by molar-refractivity contribution is -0.114. The summed E-state index contributed by atoms with van der Waals surface area (Å²) in [6.07, 6.45) is 1.76. The molecule has 3 heterocycles. The molecule has 2 amide bonds. The van der Waals surface area contributed by atoms with Gasteiger partial charge in [-0.3, -0.25) is 9.59 Å². The lowest BCUT2D eigenvalue weighted by Crippen LogP contribution is -2.39. The molecule has 5 rings (SSSR count). The Labute approximate surface area is 184 Å². The third kappa shape index (κ3) is 3.99. The summed E-state index contributed by atoms with van der Waals surface area (Å²) in [7, 11) is 0. The Morgan fingerprint density at radius 2 is 1.97 bits per heavy atom. The molecule has 1 saturated heterocycles. The first kappa shape index (κ1) is 20.0. The SMILES string of the molecule is CC(=O)Nc1ccc(-c2noc([C@H]3CCCN(C(=O)c4cc5ccccc5[nH]4)C3)n2)cc1. The number of nitrogens with zero attached hydrogens (tertiary/aromatic N) is 3. The summed E-state index contributed by atoms with van der Waals surface area (Å²) >= 11 is 0. The van der Waals surface area contributed by atoms with Crippen molar-refractivity contribution in [3.8, 4) is 11.4 Å². The van der Waals surface area contributed by atoms with Crippen LogP contribution in [0, 0.1) is 0 Å². The Hall–Kier alpha value is -3.94. The van der Waals surface area contributed by atoms with Crippen molar-refractivity contribution < 1.29 is 14.1 Å². The van der Waals surface area contributed by atoms with E-state index in [0.29, 0.717) is 36.2 Å². The van der Waals surface area contributed by atoms with Crippen LogP contribution in [0.4, 0.5) is 5.69 Å². The lowest BCUT2D eigenvalue weighted by Gasteiger charge is -2.30. The summed E-state index contributed by atoms with van der Waals surface area (Å²) in [5, 5.41) is 7.88. The number of aromatic amines is 1. The van der Waals surface area contributed by atoms with E-state index >= 15 is 0 Å². The van der Waals surface area contributed by atoms with Gasteiger partial charge in [-0.15, -0.1) is 0 Å². The highest BCUT2D eigenvalue weighted by molar-refractivity contribution is 5.98. The predicted molar refractivity (Wildman–Crippen MR) is 120 cm³/mol. The number of hydrogen-bond acceptors (Lipinski definition) is 5. The van der Waals surface area contributed by atoms with Gasteiger partial charge in [-0.05, 0) is 49.2 Å². The first-order chi connectivity index (χ1) is 15.6.